The molecule has 0 spiro atoms. The minimum atomic E-state index is -3.04. The Balaban J connectivity index is 1.99. The van der Waals surface area contributed by atoms with Crippen molar-refractivity contribution in [1.29, 1.82) is 0 Å². The molecule has 0 atom stereocenters. The van der Waals surface area contributed by atoms with Crippen LogP contribution in [0.2, 0.25) is 0 Å². The summed E-state index contributed by atoms with van der Waals surface area (Å²) < 4.78 is 23.8. The number of rotatable bonds is 6. The van der Waals surface area contributed by atoms with E-state index in [0.29, 0.717) is 17.3 Å². The van der Waals surface area contributed by atoms with Gasteiger partial charge in [0.2, 0.25) is 0 Å². The second-order valence-electron chi connectivity index (χ2n) is 5.82. The van der Waals surface area contributed by atoms with Gasteiger partial charge in [-0.1, -0.05) is 26.0 Å². The number of sulfone groups is 1. The Labute approximate surface area is 136 Å². The Hall–Kier alpha value is -2.15. The lowest BCUT2D eigenvalue weighted by molar-refractivity contribution is 0.102. The van der Waals surface area contributed by atoms with Crippen LogP contribution in [0.15, 0.2) is 36.5 Å². The molecule has 23 heavy (non-hydrogen) atoms. The highest BCUT2D eigenvalue weighted by Gasteiger charge is 2.09. The van der Waals surface area contributed by atoms with Gasteiger partial charge in [0.05, 0.1) is 12.3 Å². The number of hydrogen-bond donors (Lipinski definition) is 1. The SMILES string of the molecule is CC(C)c1ccc(C(=O)Nc2ccn(CCS(C)(=O)=O)n2)cc1. The minimum Gasteiger partial charge on any atom is -0.305 e. The van der Waals surface area contributed by atoms with Crippen molar-refractivity contribution in [3.63, 3.8) is 0 Å². The number of nitrogens with one attached hydrogen (secondary N) is 1. The van der Waals surface area contributed by atoms with E-state index in [2.05, 4.69) is 24.3 Å². The van der Waals surface area contributed by atoms with Gasteiger partial charge in [0.15, 0.2) is 5.82 Å². The lowest BCUT2D eigenvalue weighted by Gasteiger charge is -2.06. The molecule has 0 aliphatic heterocycles. The van der Waals surface area contributed by atoms with Gasteiger partial charge in [-0.15, -0.1) is 0 Å². The molecule has 1 N–H and O–H groups in total. The number of amides is 1. The maximum Gasteiger partial charge on any atom is 0.256 e. The van der Waals surface area contributed by atoms with Crippen LogP contribution in [0.4, 0.5) is 5.82 Å². The molecule has 0 aliphatic rings. The van der Waals surface area contributed by atoms with Crippen molar-refractivity contribution in [2.75, 3.05) is 17.3 Å². The monoisotopic (exact) mass is 335 g/mol. The van der Waals surface area contributed by atoms with E-state index in [1.54, 1.807) is 24.4 Å². The van der Waals surface area contributed by atoms with E-state index in [4.69, 9.17) is 0 Å². The third-order valence-corrected chi connectivity index (χ3v) is 4.34. The quantitative estimate of drug-likeness (QED) is 0.878. The lowest BCUT2D eigenvalue weighted by Crippen LogP contribution is -2.14. The number of aryl methyl sites for hydroxylation is 1. The largest absolute Gasteiger partial charge is 0.305 e. The van der Waals surface area contributed by atoms with E-state index < -0.39 is 9.84 Å². The second-order valence-corrected chi connectivity index (χ2v) is 8.08. The summed E-state index contributed by atoms with van der Waals surface area (Å²) in [6, 6.07) is 9.08. The Kier molecular flexibility index (Phi) is 5.20. The normalized spacial score (nSPS) is 11.7. The molecule has 0 fully saturated rings. The number of anilines is 1. The molecule has 124 valence electrons. The zero-order chi connectivity index (χ0) is 17.0. The maximum absolute atomic E-state index is 12.2. The summed E-state index contributed by atoms with van der Waals surface area (Å²) in [6.45, 7) is 4.45. The van der Waals surface area contributed by atoms with Crippen LogP contribution in [0.3, 0.4) is 0 Å². The van der Waals surface area contributed by atoms with Crippen molar-refractivity contribution in [3.05, 3.63) is 47.7 Å². The standard InChI is InChI=1S/C16H21N3O3S/c1-12(2)13-4-6-14(7-5-13)16(20)17-15-8-9-19(18-15)10-11-23(3,21)22/h4-9,12H,10-11H2,1-3H3,(H,17,18,20). The highest BCUT2D eigenvalue weighted by atomic mass is 32.2. The molecule has 6 nitrogen and oxygen atoms in total. The molecule has 1 aromatic carbocycles. The Morgan fingerprint density at radius 1 is 1.22 bits per heavy atom. The minimum absolute atomic E-state index is 0.0126. The summed E-state index contributed by atoms with van der Waals surface area (Å²) in [4.78, 5) is 12.2. The van der Waals surface area contributed by atoms with Crippen LogP contribution < -0.4 is 5.32 Å². The maximum atomic E-state index is 12.2. The van der Waals surface area contributed by atoms with Gasteiger partial charge in [-0.2, -0.15) is 5.10 Å². The Bertz CT molecular complexity index is 777. The fourth-order valence-electron chi connectivity index (χ4n) is 2.02. The van der Waals surface area contributed by atoms with E-state index in [1.165, 1.54) is 16.5 Å². The van der Waals surface area contributed by atoms with Crippen LogP contribution >= 0.6 is 0 Å². The van der Waals surface area contributed by atoms with Crippen LogP contribution in [0.5, 0.6) is 0 Å². The Morgan fingerprint density at radius 2 is 1.87 bits per heavy atom. The highest BCUT2D eigenvalue weighted by Crippen LogP contribution is 2.15. The molecular weight excluding hydrogens is 314 g/mol. The molecule has 0 saturated heterocycles. The fraction of sp³-hybridized carbons (Fsp3) is 0.375. The first-order chi connectivity index (χ1) is 10.7. The number of aromatic nitrogens is 2. The molecule has 2 rings (SSSR count). The van der Waals surface area contributed by atoms with Gasteiger partial charge in [0.25, 0.3) is 5.91 Å². The predicted octanol–water partition coefficient (Wildman–Crippen LogP) is 2.30. The van der Waals surface area contributed by atoms with E-state index in [0.717, 1.165) is 0 Å². The molecule has 0 aliphatic carbocycles. The summed E-state index contributed by atoms with van der Waals surface area (Å²) in [5, 5.41) is 6.85. The fourth-order valence-corrected chi connectivity index (χ4v) is 2.54. The van der Waals surface area contributed by atoms with Gasteiger partial charge in [-0.05, 0) is 23.6 Å². The van der Waals surface area contributed by atoms with Crippen molar-refractivity contribution in [2.45, 2.75) is 26.3 Å². The Morgan fingerprint density at radius 3 is 2.43 bits per heavy atom. The van der Waals surface area contributed by atoms with E-state index in [1.807, 2.05) is 12.1 Å². The van der Waals surface area contributed by atoms with Crippen molar-refractivity contribution >= 4 is 21.6 Å². The van der Waals surface area contributed by atoms with Crippen LogP contribution in [0.25, 0.3) is 0 Å². The first-order valence-electron chi connectivity index (χ1n) is 7.37. The van der Waals surface area contributed by atoms with Crippen LogP contribution in [-0.2, 0) is 16.4 Å². The number of benzene rings is 1. The average molecular weight is 335 g/mol. The van der Waals surface area contributed by atoms with Crippen LogP contribution in [0.1, 0.15) is 35.7 Å². The zero-order valence-corrected chi connectivity index (χ0v) is 14.3. The van der Waals surface area contributed by atoms with E-state index >= 15 is 0 Å². The first kappa shape index (κ1) is 17.2. The molecule has 0 radical (unpaired) electrons. The van der Waals surface area contributed by atoms with Crippen molar-refractivity contribution < 1.29 is 13.2 Å². The molecule has 1 heterocycles. The third-order valence-electron chi connectivity index (χ3n) is 3.41. The number of nitrogens with zero attached hydrogens (tertiary/aromatic N) is 2. The van der Waals surface area contributed by atoms with Gasteiger partial charge in [-0.3, -0.25) is 9.48 Å². The first-order valence-corrected chi connectivity index (χ1v) is 9.43. The van der Waals surface area contributed by atoms with Crippen molar-refractivity contribution in [3.8, 4) is 0 Å². The van der Waals surface area contributed by atoms with Gasteiger partial charge in [0, 0.05) is 24.1 Å². The molecule has 0 unspecified atom stereocenters. The molecule has 2 aromatic rings. The summed E-state index contributed by atoms with van der Waals surface area (Å²) in [7, 11) is -3.04. The van der Waals surface area contributed by atoms with Gasteiger partial charge in [0.1, 0.15) is 9.84 Å². The third kappa shape index (κ3) is 5.21. The predicted molar refractivity (Wildman–Crippen MR) is 90.4 cm³/mol. The molecule has 0 saturated carbocycles. The number of hydrogen-bond acceptors (Lipinski definition) is 4. The van der Waals surface area contributed by atoms with Crippen molar-refractivity contribution in [1.82, 2.24) is 9.78 Å². The highest BCUT2D eigenvalue weighted by molar-refractivity contribution is 7.90. The van der Waals surface area contributed by atoms with E-state index in [-0.39, 0.29) is 18.2 Å². The molecular formula is C16H21N3O3S. The summed E-state index contributed by atoms with van der Waals surface area (Å²) in [6.07, 6.45) is 2.82. The summed E-state index contributed by atoms with van der Waals surface area (Å²) >= 11 is 0. The van der Waals surface area contributed by atoms with Gasteiger partial charge < -0.3 is 5.32 Å². The van der Waals surface area contributed by atoms with E-state index in [9.17, 15) is 13.2 Å². The average Bonchev–Trinajstić information content (AvgIpc) is 2.92. The van der Waals surface area contributed by atoms with Crippen LogP contribution in [-0.4, -0.2) is 36.1 Å². The second kappa shape index (κ2) is 6.95. The van der Waals surface area contributed by atoms with Crippen molar-refractivity contribution in [2.24, 2.45) is 0 Å². The number of carbonyl (C=O) groups is 1. The van der Waals surface area contributed by atoms with Gasteiger partial charge >= 0.3 is 0 Å². The van der Waals surface area contributed by atoms with Crippen LogP contribution in [0, 0.1) is 0 Å². The zero-order valence-electron chi connectivity index (χ0n) is 13.5. The summed E-state index contributed by atoms with van der Waals surface area (Å²) in [5.41, 5.74) is 1.73. The summed E-state index contributed by atoms with van der Waals surface area (Å²) in [5.74, 6) is 0.585. The topological polar surface area (TPSA) is 81.1 Å². The molecule has 0 bridgehead atoms. The molecule has 1 amide bonds. The number of carbonyl (C=O) groups excluding carboxylic acids is 1. The molecule has 7 heteroatoms. The lowest BCUT2D eigenvalue weighted by atomic mass is 10.0. The molecule has 1 aromatic heterocycles. The smallest absolute Gasteiger partial charge is 0.256 e. The van der Waals surface area contributed by atoms with Gasteiger partial charge in [-0.25, -0.2) is 8.42 Å².